The Morgan fingerprint density at radius 3 is 3.12 bits per heavy atom. The first-order chi connectivity index (χ1) is 8.34. The standard InChI is InChI=1S/C14H14BrNO/c15-13-3-1-2-12-11(13)4-5-14(12)16-8-10-6-7-17-9-10/h1-3,6-7,9,14,16H,4-5,8H2. The monoisotopic (exact) mass is 291 g/mol. The van der Waals surface area contributed by atoms with Crippen molar-refractivity contribution in [3.8, 4) is 0 Å². The average Bonchev–Trinajstić information content (AvgIpc) is 2.95. The molecule has 17 heavy (non-hydrogen) atoms. The lowest BCUT2D eigenvalue weighted by molar-refractivity contribution is 0.521. The van der Waals surface area contributed by atoms with Gasteiger partial charge in [0.05, 0.1) is 12.5 Å². The van der Waals surface area contributed by atoms with Crippen LogP contribution in [-0.2, 0) is 13.0 Å². The zero-order valence-electron chi connectivity index (χ0n) is 9.45. The topological polar surface area (TPSA) is 25.2 Å². The van der Waals surface area contributed by atoms with Crippen molar-refractivity contribution in [1.82, 2.24) is 5.32 Å². The Kier molecular flexibility index (Phi) is 3.04. The third-order valence-corrected chi connectivity index (χ3v) is 4.09. The Hall–Kier alpha value is -1.06. The molecule has 1 atom stereocenters. The fraction of sp³-hybridized carbons (Fsp3) is 0.286. The molecule has 0 spiro atoms. The van der Waals surface area contributed by atoms with E-state index in [1.807, 2.05) is 6.07 Å². The smallest absolute Gasteiger partial charge is 0.0947 e. The second kappa shape index (κ2) is 4.67. The van der Waals surface area contributed by atoms with Crippen molar-refractivity contribution in [2.45, 2.75) is 25.4 Å². The number of halogens is 1. The molecule has 0 fully saturated rings. The normalized spacial score (nSPS) is 18.3. The minimum absolute atomic E-state index is 0.470. The molecule has 2 aromatic rings. The number of furan rings is 1. The molecular weight excluding hydrogens is 278 g/mol. The summed E-state index contributed by atoms with van der Waals surface area (Å²) < 4.78 is 6.31. The van der Waals surface area contributed by atoms with Crippen LogP contribution in [0.2, 0.25) is 0 Å². The molecule has 88 valence electrons. The second-order valence-electron chi connectivity index (χ2n) is 4.41. The van der Waals surface area contributed by atoms with Gasteiger partial charge in [-0.3, -0.25) is 0 Å². The highest BCUT2D eigenvalue weighted by Gasteiger charge is 2.23. The molecule has 0 radical (unpaired) electrons. The summed E-state index contributed by atoms with van der Waals surface area (Å²) >= 11 is 3.62. The van der Waals surface area contributed by atoms with Crippen LogP contribution < -0.4 is 5.32 Å². The van der Waals surface area contributed by atoms with Gasteiger partial charge in [-0.25, -0.2) is 0 Å². The fourth-order valence-corrected chi connectivity index (χ4v) is 3.04. The molecule has 0 saturated carbocycles. The van der Waals surface area contributed by atoms with E-state index in [1.165, 1.54) is 27.6 Å². The van der Waals surface area contributed by atoms with E-state index < -0.39 is 0 Å². The molecule has 1 aliphatic carbocycles. The second-order valence-corrected chi connectivity index (χ2v) is 5.27. The van der Waals surface area contributed by atoms with Gasteiger partial charge >= 0.3 is 0 Å². The summed E-state index contributed by atoms with van der Waals surface area (Å²) in [6.07, 6.45) is 5.84. The summed E-state index contributed by atoms with van der Waals surface area (Å²) in [5, 5.41) is 3.59. The van der Waals surface area contributed by atoms with Gasteiger partial charge in [0.2, 0.25) is 0 Å². The summed E-state index contributed by atoms with van der Waals surface area (Å²) in [5.41, 5.74) is 4.09. The van der Waals surface area contributed by atoms with Crippen LogP contribution in [0, 0.1) is 0 Å². The van der Waals surface area contributed by atoms with Gasteiger partial charge in [0.25, 0.3) is 0 Å². The predicted molar refractivity (Wildman–Crippen MR) is 70.8 cm³/mol. The van der Waals surface area contributed by atoms with Gasteiger partial charge in [0.1, 0.15) is 0 Å². The summed E-state index contributed by atoms with van der Waals surface area (Å²) in [5.74, 6) is 0. The van der Waals surface area contributed by atoms with Crippen molar-refractivity contribution < 1.29 is 4.42 Å². The lowest BCUT2D eigenvalue weighted by atomic mass is 10.1. The van der Waals surface area contributed by atoms with Crippen molar-refractivity contribution in [3.05, 3.63) is 58.0 Å². The van der Waals surface area contributed by atoms with Crippen LogP contribution in [0.1, 0.15) is 29.2 Å². The van der Waals surface area contributed by atoms with E-state index in [0.29, 0.717) is 6.04 Å². The van der Waals surface area contributed by atoms with E-state index in [-0.39, 0.29) is 0 Å². The van der Waals surface area contributed by atoms with Crippen LogP contribution in [0.4, 0.5) is 0 Å². The maximum Gasteiger partial charge on any atom is 0.0947 e. The molecule has 3 rings (SSSR count). The van der Waals surface area contributed by atoms with E-state index >= 15 is 0 Å². The van der Waals surface area contributed by atoms with E-state index in [9.17, 15) is 0 Å². The molecule has 1 aromatic carbocycles. The van der Waals surface area contributed by atoms with Crippen LogP contribution in [-0.4, -0.2) is 0 Å². The summed E-state index contributed by atoms with van der Waals surface area (Å²) in [7, 11) is 0. The molecule has 0 saturated heterocycles. The molecular formula is C14H14BrNO. The van der Waals surface area contributed by atoms with Gasteiger partial charge < -0.3 is 9.73 Å². The van der Waals surface area contributed by atoms with Gasteiger partial charge in [0.15, 0.2) is 0 Å². The first-order valence-electron chi connectivity index (χ1n) is 5.86. The number of benzene rings is 1. The highest BCUT2D eigenvalue weighted by atomic mass is 79.9. The third kappa shape index (κ3) is 2.17. The van der Waals surface area contributed by atoms with Crippen molar-refractivity contribution in [2.75, 3.05) is 0 Å². The maximum atomic E-state index is 5.07. The minimum Gasteiger partial charge on any atom is -0.472 e. The number of fused-ring (bicyclic) bond motifs is 1. The van der Waals surface area contributed by atoms with Crippen LogP contribution in [0.15, 0.2) is 45.7 Å². The molecule has 1 aliphatic rings. The zero-order valence-corrected chi connectivity index (χ0v) is 11.0. The molecule has 3 heteroatoms. The molecule has 0 amide bonds. The highest BCUT2D eigenvalue weighted by Crippen LogP contribution is 2.35. The first kappa shape index (κ1) is 11.1. The molecule has 0 aliphatic heterocycles. The van der Waals surface area contributed by atoms with Crippen molar-refractivity contribution in [2.24, 2.45) is 0 Å². The van der Waals surface area contributed by atoms with Crippen LogP contribution in [0.25, 0.3) is 0 Å². The van der Waals surface area contributed by atoms with E-state index in [1.54, 1.807) is 12.5 Å². The van der Waals surface area contributed by atoms with E-state index in [0.717, 1.165) is 13.0 Å². The van der Waals surface area contributed by atoms with Crippen LogP contribution >= 0.6 is 15.9 Å². The van der Waals surface area contributed by atoms with Crippen LogP contribution in [0.5, 0.6) is 0 Å². The number of hydrogen-bond acceptors (Lipinski definition) is 2. The summed E-state index contributed by atoms with van der Waals surface area (Å²) in [6.45, 7) is 0.868. The predicted octanol–water partition coefficient (Wildman–Crippen LogP) is 3.82. The summed E-state index contributed by atoms with van der Waals surface area (Å²) in [6, 6.07) is 8.93. The van der Waals surface area contributed by atoms with Crippen molar-refractivity contribution >= 4 is 15.9 Å². The Balaban J connectivity index is 1.73. The van der Waals surface area contributed by atoms with E-state index in [2.05, 4.69) is 39.4 Å². The lowest BCUT2D eigenvalue weighted by Crippen LogP contribution is -2.18. The van der Waals surface area contributed by atoms with Crippen molar-refractivity contribution in [3.63, 3.8) is 0 Å². The Labute approximate surface area is 109 Å². The average molecular weight is 292 g/mol. The number of nitrogens with one attached hydrogen (secondary N) is 1. The van der Waals surface area contributed by atoms with E-state index in [4.69, 9.17) is 4.42 Å². The van der Waals surface area contributed by atoms with Gasteiger partial charge in [-0.2, -0.15) is 0 Å². The molecule has 0 bridgehead atoms. The number of rotatable bonds is 3. The quantitative estimate of drug-likeness (QED) is 0.930. The Morgan fingerprint density at radius 2 is 2.29 bits per heavy atom. The first-order valence-corrected chi connectivity index (χ1v) is 6.65. The highest BCUT2D eigenvalue weighted by molar-refractivity contribution is 9.10. The van der Waals surface area contributed by atoms with Gasteiger partial charge in [-0.1, -0.05) is 28.1 Å². The largest absolute Gasteiger partial charge is 0.472 e. The third-order valence-electron chi connectivity index (χ3n) is 3.35. The van der Waals surface area contributed by atoms with Gasteiger partial charge in [-0.15, -0.1) is 0 Å². The molecule has 1 unspecified atom stereocenters. The SMILES string of the molecule is Brc1cccc2c1CCC2NCc1ccoc1. The Morgan fingerprint density at radius 1 is 1.35 bits per heavy atom. The molecule has 2 nitrogen and oxygen atoms in total. The molecule has 1 aromatic heterocycles. The minimum atomic E-state index is 0.470. The molecule has 1 N–H and O–H groups in total. The van der Waals surface area contributed by atoms with Crippen LogP contribution in [0.3, 0.4) is 0 Å². The van der Waals surface area contributed by atoms with Crippen molar-refractivity contribution in [1.29, 1.82) is 0 Å². The molecule has 1 heterocycles. The summed E-state index contributed by atoms with van der Waals surface area (Å²) in [4.78, 5) is 0. The maximum absolute atomic E-state index is 5.07. The van der Waals surface area contributed by atoms with Gasteiger partial charge in [-0.05, 0) is 36.1 Å². The van der Waals surface area contributed by atoms with Gasteiger partial charge in [0, 0.05) is 22.6 Å². The Bertz CT molecular complexity index is 507. The number of hydrogen-bond donors (Lipinski definition) is 1. The fourth-order valence-electron chi connectivity index (χ4n) is 2.46. The lowest BCUT2D eigenvalue weighted by Gasteiger charge is -2.13. The zero-order chi connectivity index (χ0) is 11.7.